The average Bonchev–Trinajstić information content (AvgIpc) is 2.97. The van der Waals surface area contributed by atoms with Crippen molar-refractivity contribution in [3.8, 4) is 5.75 Å². The Morgan fingerprint density at radius 1 is 1.04 bits per heavy atom. The first-order valence-corrected chi connectivity index (χ1v) is 9.55. The van der Waals surface area contributed by atoms with E-state index in [-0.39, 0.29) is 6.10 Å². The van der Waals surface area contributed by atoms with Gasteiger partial charge in [0.15, 0.2) is 0 Å². The molecule has 24 heavy (non-hydrogen) atoms. The van der Waals surface area contributed by atoms with E-state index < -0.39 is 7.82 Å². The molecule has 3 rings (SSSR count). The second-order valence-electron chi connectivity index (χ2n) is 5.75. The second kappa shape index (κ2) is 7.25. The Morgan fingerprint density at radius 2 is 1.75 bits per heavy atom. The fourth-order valence-electron chi connectivity index (χ4n) is 2.42. The Kier molecular flexibility index (Phi) is 5.08. The van der Waals surface area contributed by atoms with Crippen LogP contribution in [0.4, 0.5) is 0 Å². The van der Waals surface area contributed by atoms with Gasteiger partial charge >= 0.3 is 7.82 Å². The molecule has 0 spiro atoms. The molecule has 0 bridgehead atoms. The molecule has 1 aliphatic carbocycles. The lowest BCUT2D eigenvalue weighted by molar-refractivity contribution is 0.135. The van der Waals surface area contributed by atoms with Gasteiger partial charge in [-0.25, -0.2) is 4.57 Å². The van der Waals surface area contributed by atoms with Gasteiger partial charge in [-0.05, 0) is 42.7 Å². The predicted molar refractivity (Wildman–Crippen MR) is 94.7 cm³/mol. The molecule has 2 aromatic carbocycles. The standard InChI is InChI=1S/C19H21O4P/c1-3-15(2)21-24(20,22-18-11-5-4-6-12-18)23-19-13-16-9-7-8-10-17(16)14-19/h4-13,15H,3,14H2,1-2H3. The van der Waals surface area contributed by atoms with Crippen LogP contribution in [0.1, 0.15) is 31.4 Å². The molecule has 0 radical (unpaired) electrons. The van der Waals surface area contributed by atoms with Crippen LogP contribution < -0.4 is 4.52 Å². The van der Waals surface area contributed by atoms with Gasteiger partial charge in [0.1, 0.15) is 11.5 Å². The maximum atomic E-state index is 13.2. The highest BCUT2D eigenvalue weighted by Crippen LogP contribution is 2.53. The van der Waals surface area contributed by atoms with Crippen LogP contribution in [0.5, 0.6) is 5.75 Å². The molecule has 2 atom stereocenters. The normalized spacial score (nSPS) is 16.7. The summed E-state index contributed by atoms with van der Waals surface area (Å²) in [5, 5.41) is 0. The van der Waals surface area contributed by atoms with Crippen molar-refractivity contribution < 1.29 is 18.1 Å². The van der Waals surface area contributed by atoms with Crippen LogP contribution in [-0.4, -0.2) is 6.10 Å². The van der Waals surface area contributed by atoms with Gasteiger partial charge in [0.05, 0.1) is 6.10 Å². The lowest BCUT2D eigenvalue weighted by Crippen LogP contribution is -2.10. The minimum atomic E-state index is -3.76. The highest BCUT2D eigenvalue weighted by atomic mass is 31.2. The summed E-state index contributed by atoms with van der Waals surface area (Å²) >= 11 is 0. The van der Waals surface area contributed by atoms with Gasteiger partial charge < -0.3 is 9.05 Å². The van der Waals surface area contributed by atoms with Crippen molar-refractivity contribution in [2.75, 3.05) is 0 Å². The van der Waals surface area contributed by atoms with Crippen molar-refractivity contribution in [2.45, 2.75) is 32.8 Å². The molecule has 1 aliphatic rings. The smallest absolute Gasteiger partial charge is 0.399 e. The van der Waals surface area contributed by atoms with E-state index in [0.717, 1.165) is 11.1 Å². The summed E-state index contributed by atoms with van der Waals surface area (Å²) in [6.07, 6.45) is 2.95. The van der Waals surface area contributed by atoms with E-state index in [1.807, 2.05) is 62.4 Å². The largest absolute Gasteiger partial charge is 0.587 e. The molecule has 126 valence electrons. The SMILES string of the molecule is CCC(C)OP(=O)(OC1=Cc2ccccc2C1)Oc1ccccc1. The molecule has 0 amide bonds. The van der Waals surface area contributed by atoms with Crippen LogP contribution in [0.2, 0.25) is 0 Å². The van der Waals surface area contributed by atoms with Gasteiger partial charge in [0.25, 0.3) is 0 Å². The quantitative estimate of drug-likeness (QED) is 0.613. The third-order valence-electron chi connectivity index (χ3n) is 3.81. The highest BCUT2D eigenvalue weighted by molar-refractivity contribution is 7.49. The Balaban J connectivity index is 1.79. The molecular weight excluding hydrogens is 323 g/mol. The van der Waals surface area contributed by atoms with Crippen LogP contribution in [0, 0.1) is 0 Å². The van der Waals surface area contributed by atoms with Gasteiger partial charge in [-0.3, -0.25) is 4.52 Å². The van der Waals surface area contributed by atoms with E-state index in [9.17, 15) is 4.57 Å². The molecule has 0 aromatic heterocycles. The van der Waals surface area contributed by atoms with Gasteiger partial charge in [-0.15, -0.1) is 0 Å². The van der Waals surface area contributed by atoms with Crippen molar-refractivity contribution in [3.63, 3.8) is 0 Å². The lowest BCUT2D eigenvalue weighted by Gasteiger charge is -2.22. The van der Waals surface area contributed by atoms with Crippen molar-refractivity contribution >= 4 is 13.9 Å². The monoisotopic (exact) mass is 344 g/mol. The number of hydrogen-bond donors (Lipinski definition) is 0. The first-order chi connectivity index (χ1) is 11.6. The molecule has 0 N–H and O–H groups in total. The van der Waals surface area contributed by atoms with E-state index in [1.165, 1.54) is 0 Å². The first-order valence-electron chi connectivity index (χ1n) is 8.09. The second-order valence-corrected chi connectivity index (χ2v) is 7.22. The Morgan fingerprint density at radius 3 is 2.46 bits per heavy atom. The fraction of sp³-hybridized carbons (Fsp3) is 0.263. The zero-order valence-electron chi connectivity index (χ0n) is 13.8. The van der Waals surface area contributed by atoms with Gasteiger partial charge in [-0.1, -0.05) is 49.4 Å². The Labute approximate surface area is 142 Å². The zero-order chi connectivity index (χ0) is 17.0. The van der Waals surface area contributed by atoms with E-state index in [2.05, 4.69) is 0 Å². The summed E-state index contributed by atoms with van der Waals surface area (Å²) in [7, 11) is -3.76. The van der Waals surface area contributed by atoms with Gasteiger partial charge in [-0.2, -0.15) is 0 Å². The molecular formula is C19H21O4P. The summed E-state index contributed by atoms with van der Waals surface area (Å²) in [6, 6.07) is 16.9. The maximum absolute atomic E-state index is 13.2. The number of phosphoric acid groups is 1. The molecule has 4 nitrogen and oxygen atoms in total. The van der Waals surface area contributed by atoms with Crippen molar-refractivity contribution in [2.24, 2.45) is 0 Å². The number of para-hydroxylation sites is 1. The maximum Gasteiger partial charge on any atom is 0.587 e. The molecule has 0 saturated heterocycles. The molecule has 0 aliphatic heterocycles. The molecule has 2 unspecified atom stereocenters. The van der Waals surface area contributed by atoms with Crippen LogP contribution >= 0.6 is 7.82 Å². The summed E-state index contributed by atoms with van der Waals surface area (Å²) in [6.45, 7) is 3.81. The average molecular weight is 344 g/mol. The van der Waals surface area contributed by atoms with Crippen LogP contribution in [0.25, 0.3) is 6.08 Å². The summed E-state index contributed by atoms with van der Waals surface area (Å²) in [4.78, 5) is 0. The molecule has 0 fully saturated rings. The number of rotatable bonds is 7. The van der Waals surface area contributed by atoms with Crippen LogP contribution in [-0.2, 0) is 20.0 Å². The van der Waals surface area contributed by atoms with Gasteiger partial charge in [0, 0.05) is 6.42 Å². The summed E-state index contributed by atoms with van der Waals surface area (Å²) in [5.74, 6) is 1.05. The minimum Gasteiger partial charge on any atom is -0.399 e. The molecule has 5 heteroatoms. The number of hydrogen-bond acceptors (Lipinski definition) is 4. The van der Waals surface area contributed by atoms with E-state index in [4.69, 9.17) is 13.6 Å². The highest BCUT2D eigenvalue weighted by Gasteiger charge is 2.34. The van der Waals surface area contributed by atoms with Crippen LogP contribution in [0.15, 0.2) is 60.4 Å². The Hall–Kier alpha value is -2.03. The molecule has 0 saturated carbocycles. The predicted octanol–water partition coefficient (Wildman–Crippen LogP) is 5.60. The van der Waals surface area contributed by atoms with Crippen molar-refractivity contribution in [3.05, 3.63) is 71.5 Å². The fourth-order valence-corrected chi connectivity index (χ4v) is 3.92. The van der Waals surface area contributed by atoms with E-state index in [0.29, 0.717) is 24.4 Å². The number of phosphoric ester groups is 1. The third-order valence-corrected chi connectivity index (χ3v) is 5.32. The van der Waals surface area contributed by atoms with Crippen molar-refractivity contribution in [1.82, 2.24) is 0 Å². The molecule has 2 aromatic rings. The topological polar surface area (TPSA) is 44.8 Å². The minimum absolute atomic E-state index is 0.232. The zero-order valence-corrected chi connectivity index (χ0v) is 14.7. The molecule has 0 heterocycles. The van der Waals surface area contributed by atoms with E-state index >= 15 is 0 Å². The third kappa shape index (κ3) is 4.08. The lowest BCUT2D eigenvalue weighted by atomic mass is 10.1. The van der Waals surface area contributed by atoms with Crippen LogP contribution in [0.3, 0.4) is 0 Å². The van der Waals surface area contributed by atoms with E-state index in [1.54, 1.807) is 12.1 Å². The number of fused-ring (bicyclic) bond motifs is 1. The first kappa shape index (κ1) is 16.8. The Bertz CT molecular complexity index is 770. The number of allylic oxidation sites excluding steroid dienone is 1. The summed E-state index contributed by atoms with van der Waals surface area (Å²) < 4.78 is 30.1. The van der Waals surface area contributed by atoms with Gasteiger partial charge in [0.2, 0.25) is 0 Å². The number of benzene rings is 2. The van der Waals surface area contributed by atoms with Crippen molar-refractivity contribution in [1.29, 1.82) is 0 Å². The summed E-state index contributed by atoms with van der Waals surface area (Å²) in [5.41, 5.74) is 2.21.